The molecule has 3 aromatic heterocycles. The van der Waals surface area contributed by atoms with Crippen LogP contribution in [0.15, 0.2) is 50.8 Å². The van der Waals surface area contributed by atoms with Crippen molar-refractivity contribution in [3.63, 3.8) is 0 Å². The van der Waals surface area contributed by atoms with E-state index in [2.05, 4.69) is 4.90 Å². The molecule has 0 spiro atoms. The van der Waals surface area contributed by atoms with Crippen LogP contribution in [0.25, 0.3) is 11.7 Å². The summed E-state index contributed by atoms with van der Waals surface area (Å²) < 4.78 is 13.2. The van der Waals surface area contributed by atoms with Gasteiger partial charge in [-0.15, -0.1) is 0 Å². The molecule has 2 aliphatic heterocycles. The van der Waals surface area contributed by atoms with Crippen molar-refractivity contribution in [3.05, 3.63) is 68.9 Å². The van der Waals surface area contributed by atoms with Gasteiger partial charge in [-0.2, -0.15) is 0 Å². The highest BCUT2D eigenvalue weighted by molar-refractivity contribution is 8.26. The van der Waals surface area contributed by atoms with Crippen molar-refractivity contribution in [2.45, 2.75) is 39.5 Å². The first-order valence-electron chi connectivity index (χ1n) is 11.0. The number of thiocarbonyl (C=S) groups is 1. The second kappa shape index (κ2) is 9.01. The van der Waals surface area contributed by atoms with E-state index in [0.717, 1.165) is 5.56 Å². The van der Waals surface area contributed by atoms with Gasteiger partial charge in [0.1, 0.15) is 21.5 Å². The van der Waals surface area contributed by atoms with Crippen LogP contribution in [0.3, 0.4) is 0 Å². The minimum absolute atomic E-state index is 0.0126. The molecule has 1 amide bonds. The maximum atomic E-state index is 13.7. The Bertz CT molecular complexity index is 1360. The van der Waals surface area contributed by atoms with Crippen LogP contribution >= 0.6 is 24.0 Å². The first kappa shape index (κ1) is 22.8. The zero-order valence-corrected chi connectivity index (χ0v) is 20.7. The van der Waals surface area contributed by atoms with Crippen molar-refractivity contribution < 1.29 is 13.9 Å². The van der Waals surface area contributed by atoms with Crippen LogP contribution in [-0.4, -0.2) is 49.8 Å². The van der Waals surface area contributed by atoms with Gasteiger partial charge in [0.25, 0.3) is 11.5 Å². The first-order chi connectivity index (χ1) is 16.3. The molecule has 8 nitrogen and oxygen atoms in total. The number of carbonyl (C=O) groups excluding carboxylic acids is 1. The Hall–Kier alpha value is -2.95. The molecule has 0 bridgehead atoms. The number of carbonyl (C=O) groups is 1. The van der Waals surface area contributed by atoms with Crippen LogP contribution in [0, 0.1) is 6.92 Å². The van der Waals surface area contributed by atoms with Crippen LogP contribution in [0.4, 0.5) is 5.82 Å². The molecule has 0 N–H and O–H groups in total. The quantitative estimate of drug-likeness (QED) is 0.400. The monoisotopic (exact) mass is 496 g/mol. The number of pyridine rings is 1. The van der Waals surface area contributed by atoms with E-state index in [1.165, 1.54) is 21.1 Å². The third kappa shape index (κ3) is 4.28. The molecule has 0 saturated carbocycles. The summed E-state index contributed by atoms with van der Waals surface area (Å²) in [5.74, 6) is 0.930. The van der Waals surface area contributed by atoms with Gasteiger partial charge >= 0.3 is 0 Å². The molecule has 2 saturated heterocycles. The lowest BCUT2D eigenvalue weighted by molar-refractivity contribution is -0.122. The van der Waals surface area contributed by atoms with Crippen molar-refractivity contribution in [3.8, 4) is 0 Å². The van der Waals surface area contributed by atoms with Crippen molar-refractivity contribution in [2.24, 2.45) is 0 Å². The van der Waals surface area contributed by atoms with Gasteiger partial charge in [-0.05, 0) is 50.6 Å². The Morgan fingerprint density at radius 3 is 2.68 bits per heavy atom. The van der Waals surface area contributed by atoms with E-state index in [9.17, 15) is 9.59 Å². The van der Waals surface area contributed by atoms with Crippen molar-refractivity contribution >= 4 is 51.7 Å². The average molecular weight is 497 g/mol. The molecule has 2 aliphatic rings. The number of amides is 1. The molecule has 0 aliphatic carbocycles. The number of rotatable bonds is 4. The molecule has 176 valence electrons. The van der Waals surface area contributed by atoms with E-state index < -0.39 is 0 Å². The number of anilines is 1. The van der Waals surface area contributed by atoms with Gasteiger partial charge in [0.05, 0.1) is 35.5 Å². The number of nitrogens with zero attached hydrogens (tertiary/aromatic N) is 4. The van der Waals surface area contributed by atoms with Gasteiger partial charge in [0.15, 0.2) is 0 Å². The van der Waals surface area contributed by atoms with Gasteiger partial charge < -0.3 is 14.1 Å². The van der Waals surface area contributed by atoms with Crippen molar-refractivity contribution in [1.82, 2.24) is 14.3 Å². The third-order valence-corrected chi connectivity index (χ3v) is 7.13. The van der Waals surface area contributed by atoms with E-state index in [4.69, 9.17) is 26.4 Å². The van der Waals surface area contributed by atoms with E-state index in [0.29, 0.717) is 45.1 Å². The number of morpholine rings is 1. The highest BCUT2D eigenvalue weighted by atomic mass is 32.2. The number of hydrogen-bond acceptors (Lipinski definition) is 8. The molecule has 2 fully saturated rings. The Labute approximate surface area is 206 Å². The van der Waals surface area contributed by atoms with Gasteiger partial charge in [-0.25, -0.2) is 4.98 Å². The van der Waals surface area contributed by atoms with Crippen LogP contribution in [0.5, 0.6) is 0 Å². The van der Waals surface area contributed by atoms with Crippen molar-refractivity contribution in [1.29, 1.82) is 0 Å². The molecule has 0 radical (unpaired) electrons. The molecule has 2 unspecified atom stereocenters. The maximum Gasteiger partial charge on any atom is 0.267 e. The van der Waals surface area contributed by atoms with E-state index in [1.54, 1.807) is 30.7 Å². The number of ether oxygens (including phenoxy) is 1. The van der Waals surface area contributed by atoms with Gasteiger partial charge in [0, 0.05) is 19.3 Å². The lowest BCUT2D eigenvalue weighted by Gasteiger charge is -2.36. The predicted molar refractivity (Wildman–Crippen MR) is 136 cm³/mol. The SMILES string of the molecule is Cc1ccc2nc(N3CC(C)OC(C)C3)c(/C=C3\SC(=S)N(Cc4ccco4)C3=O)c(=O)n2c1. The van der Waals surface area contributed by atoms with E-state index in [-0.39, 0.29) is 30.2 Å². The summed E-state index contributed by atoms with van der Waals surface area (Å²) >= 11 is 6.64. The molecule has 5 rings (SSSR count). The summed E-state index contributed by atoms with van der Waals surface area (Å²) in [5, 5.41) is 0. The lowest BCUT2D eigenvalue weighted by Crippen LogP contribution is -2.46. The first-order valence-corrected chi connectivity index (χ1v) is 12.2. The number of thioether (sulfide) groups is 1. The zero-order chi connectivity index (χ0) is 24.0. The molecule has 5 heterocycles. The molecule has 3 aromatic rings. The number of hydrogen-bond donors (Lipinski definition) is 0. The normalized spacial score (nSPS) is 22.4. The van der Waals surface area contributed by atoms with Gasteiger partial charge in [0.2, 0.25) is 0 Å². The summed E-state index contributed by atoms with van der Waals surface area (Å²) in [6, 6.07) is 7.32. The second-order valence-electron chi connectivity index (χ2n) is 8.60. The topological polar surface area (TPSA) is 80.3 Å². The van der Waals surface area contributed by atoms with Gasteiger partial charge in [-0.1, -0.05) is 30.0 Å². The van der Waals surface area contributed by atoms with Crippen molar-refractivity contribution in [2.75, 3.05) is 18.0 Å². The molecule has 0 aromatic carbocycles. The number of fused-ring (bicyclic) bond motifs is 1. The third-order valence-electron chi connectivity index (χ3n) is 5.75. The number of furan rings is 1. The predicted octanol–water partition coefficient (Wildman–Crippen LogP) is 3.61. The second-order valence-corrected chi connectivity index (χ2v) is 10.3. The molecule has 2 atom stereocenters. The number of aryl methyl sites for hydroxylation is 1. The highest BCUT2D eigenvalue weighted by Crippen LogP contribution is 2.35. The standard InChI is InChI=1S/C24H24N4O4S2/c1-14-6-7-20-25-21(26-11-15(2)32-16(3)12-26)18(22(29)27(20)10-14)9-19-23(30)28(24(33)34-19)13-17-5-4-8-31-17/h4-10,15-16H,11-13H2,1-3H3/b19-9-. The summed E-state index contributed by atoms with van der Waals surface area (Å²) in [7, 11) is 0. The Morgan fingerprint density at radius 1 is 1.21 bits per heavy atom. The minimum Gasteiger partial charge on any atom is -0.467 e. The number of aromatic nitrogens is 2. The van der Waals surface area contributed by atoms with Crippen LogP contribution in [-0.2, 0) is 16.1 Å². The fraction of sp³-hybridized carbons (Fsp3) is 0.333. The summed E-state index contributed by atoms with van der Waals surface area (Å²) in [5.41, 5.74) is 1.63. The van der Waals surface area contributed by atoms with E-state index >= 15 is 0 Å². The Morgan fingerprint density at radius 2 is 1.97 bits per heavy atom. The van der Waals surface area contributed by atoms with Crippen LogP contribution in [0.1, 0.15) is 30.7 Å². The largest absolute Gasteiger partial charge is 0.467 e. The lowest BCUT2D eigenvalue weighted by atomic mass is 10.1. The summed E-state index contributed by atoms with van der Waals surface area (Å²) in [6.07, 6.45) is 4.93. The highest BCUT2D eigenvalue weighted by Gasteiger charge is 2.34. The molecule has 10 heteroatoms. The van der Waals surface area contributed by atoms with Gasteiger partial charge in [-0.3, -0.25) is 18.9 Å². The average Bonchev–Trinajstić information content (AvgIpc) is 3.39. The molecular weight excluding hydrogens is 472 g/mol. The summed E-state index contributed by atoms with van der Waals surface area (Å²) in [4.78, 5) is 35.7. The van der Waals surface area contributed by atoms with E-state index in [1.807, 2.05) is 32.9 Å². The van der Waals surface area contributed by atoms with Crippen LogP contribution in [0.2, 0.25) is 0 Å². The Kier molecular flexibility index (Phi) is 6.05. The smallest absolute Gasteiger partial charge is 0.267 e. The van der Waals surface area contributed by atoms with Crippen LogP contribution < -0.4 is 10.5 Å². The maximum absolute atomic E-state index is 13.7. The fourth-order valence-electron chi connectivity index (χ4n) is 4.29. The molecule has 34 heavy (non-hydrogen) atoms. The fourth-order valence-corrected chi connectivity index (χ4v) is 5.53. The molecular formula is C24H24N4O4S2. The Balaban J connectivity index is 1.61. The zero-order valence-electron chi connectivity index (χ0n) is 19.1. The summed E-state index contributed by atoms with van der Waals surface area (Å²) in [6.45, 7) is 7.36. The minimum atomic E-state index is -0.255.